The van der Waals surface area contributed by atoms with Crippen molar-refractivity contribution in [3.63, 3.8) is 0 Å². The van der Waals surface area contributed by atoms with Crippen molar-refractivity contribution >= 4 is 11.4 Å². The Balaban J connectivity index is 1.68. The SMILES string of the molecule is Cc1ccc([N+](=O)[O-])cc1N1CCC(C2CCCN2)CC1. The Hall–Kier alpha value is -1.62. The molecule has 1 aromatic carbocycles. The third-order valence-electron chi connectivity index (χ3n) is 4.95. The summed E-state index contributed by atoms with van der Waals surface area (Å²) in [6.07, 6.45) is 4.97. The highest BCUT2D eigenvalue weighted by Crippen LogP contribution is 2.31. The summed E-state index contributed by atoms with van der Waals surface area (Å²) in [6.45, 7) is 5.20. The third-order valence-corrected chi connectivity index (χ3v) is 4.95. The van der Waals surface area contributed by atoms with Crippen LogP contribution in [-0.2, 0) is 0 Å². The number of hydrogen-bond acceptors (Lipinski definition) is 4. The molecule has 1 atom stereocenters. The van der Waals surface area contributed by atoms with Crippen molar-refractivity contribution in [3.05, 3.63) is 33.9 Å². The average Bonchev–Trinajstić information content (AvgIpc) is 3.02. The Kier molecular flexibility index (Phi) is 4.10. The highest BCUT2D eigenvalue weighted by molar-refractivity contribution is 5.59. The van der Waals surface area contributed by atoms with Crippen LogP contribution >= 0.6 is 0 Å². The van der Waals surface area contributed by atoms with Crippen LogP contribution in [0.5, 0.6) is 0 Å². The van der Waals surface area contributed by atoms with Gasteiger partial charge in [0, 0.05) is 37.0 Å². The molecule has 2 heterocycles. The zero-order valence-corrected chi connectivity index (χ0v) is 12.5. The Morgan fingerprint density at radius 3 is 2.67 bits per heavy atom. The molecule has 5 nitrogen and oxygen atoms in total. The van der Waals surface area contributed by atoms with E-state index in [1.807, 2.05) is 13.0 Å². The summed E-state index contributed by atoms with van der Waals surface area (Å²) in [5.74, 6) is 0.766. The first kappa shape index (κ1) is 14.3. The molecule has 0 aliphatic carbocycles. The van der Waals surface area contributed by atoms with Crippen LogP contribution in [-0.4, -0.2) is 30.6 Å². The number of hydrogen-bond donors (Lipinski definition) is 1. The minimum atomic E-state index is -0.307. The zero-order chi connectivity index (χ0) is 14.8. The maximum absolute atomic E-state index is 11.0. The normalized spacial score (nSPS) is 23.5. The van der Waals surface area contributed by atoms with Gasteiger partial charge in [-0.1, -0.05) is 6.07 Å². The lowest BCUT2D eigenvalue weighted by atomic mass is 9.88. The Labute approximate surface area is 125 Å². The first-order valence-electron chi connectivity index (χ1n) is 7.88. The number of rotatable bonds is 3. The number of aryl methyl sites for hydroxylation is 1. The molecular weight excluding hydrogens is 266 g/mol. The minimum absolute atomic E-state index is 0.190. The lowest BCUT2D eigenvalue weighted by Gasteiger charge is -2.36. The molecule has 3 rings (SSSR count). The molecule has 0 amide bonds. The lowest BCUT2D eigenvalue weighted by molar-refractivity contribution is -0.384. The summed E-state index contributed by atoms with van der Waals surface area (Å²) in [5.41, 5.74) is 2.34. The fraction of sp³-hybridized carbons (Fsp3) is 0.625. The molecule has 0 bridgehead atoms. The van der Waals surface area contributed by atoms with Gasteiger partial charge in [0.25, 0.3) is 5.69 Å². The number of benzene rings is 1. The van der Waals surface area contributed by atoms with Crippen molar-refractivity contribution in [1.82, 2.24) is 5.32 Å². The smallest absolute Gasteiger partial charge is 0.271 e. The molecule has 2 aliphatic rings. The van der Waals surface area contributed by atoms with E-state index in [1.165, 1.54) is 25.7 Å². The predicted octanol–water partition coefficient (Wildman–Crippen LogP) is 2.87. The second kappa shape index (κ2) is 6.02. The standard InChI is InChI=1S/C16H23N3O2/c1-12-4-5-14(19(20)21)11-16(12)18-9-6-13(7-10-18)15-3-2-8-17-15/h4-5,11,13,15,17H,2-3,6-10H2,1H3. The van der Waals surface area contributed by atoms with Crippen LogP contribution in [0.2, 0.25) is 0 Å². The van der Waals surface area contributed by atoms with E-state index in [1.54, 1.807) is 12.1 Å². The van der Waals surface area contributed by atoms with Crippen LogP contribution in [0.1, 0.15) is 31.2 Å². The van der Waals surface area contributed by atoms with Gasteiger partial charge < -0.3 is 10.2 Å². The topological polar surface area (TPSA) is 58.4 Å². The van der Waals surface area contributed by atoms with Crippen LogP contribution in [0.25, 0.3) is 0 Å². The second-order valence-electron chi connectivity index (χ2n) is 6.26. The van der Waals surface area contributed by atoms with Gasteiger partial charge in [-0.15, -0.1) is 0 Å². The summed E-state index contributed by atoms with van der Waals surface area (Å²) in [6, 6.07) is 5.87. The molecule has 21 heavy (non-hydrogen) atoms. The van der Waals surface area contributed by atoms with Crippen molar-refractivity contribution < 1.29 is 4.92 Å². The molecule has 0 radical (unpaired) electrons. The van der Waals surface area contributed by atoms with Crippen molar-refractivity contribution in [2.75, 3.05) is 24.5 Å². The van der Waals surface area contributed by atoms with Crippen molar-refractivity contribution in [1.29, 1.82) is 0 Å². The van der Waals surface area contributed by atoms with E-state index in [-0.39, 0.29) is 10.6 Å². The van der Waals surface area contributed by atoms with Gasteiger partial charge in [0.2, 0.25) is 0 Å². The van der Waals surface area contributed by atoms with Gasteiger partial charge in [-0.05, 0) is 50.6 Å². The second-order valence-corrected chi connectivity index (χ2v) is 6.26. The number of anilines is 1. The maximum Gasteiger partial charge on any atom is 0.271 e. The van der Waals surface area contributed by atoms with Gasteiger partial charge in [0.15, 0.2) is 0 Å². The van der Waals surface area contributed by atoms with Crippen LogP contribution in [0.4, 0.5) is 11.4 Å². The maximum atomic E-state index is 11.0. The molecule has 5 heteroatoms. The summed E-state index contributed by atoms with van der Waals surface area (Å²) in [4.78, 5) is 13.0. The van der Waals surface area contributed by atoms with E-state index in [9.17, 15) is 10.1 Å². The minimum Gasteiger partial charge on any atom is -0.371 e. The molecule has 0 spiro atoms. The lowest BCUT2D eigenvalue weighted by Crippen LogP contribution is -2.41. The van der Waals surface area contributed by atoms with Gasteiger partial charge >= 0.3 is 0 Å². The van der Waals surface area contributed by atoms with E-state index in [0.29, 0.717) is 6.04 Å². The molecule has 1 N–H and O–H groups in total. The molecule has 1 aromatic rings. The Morgan fingerprint density at radius 2 is 2.05 bits per heavy atom. The highest BCUT2D eigenvalue weighted by atomic mass is 16.6. The van der Waals surface area contributed by atoms with E-state index < -0.39 is 0 Å². The van der Waals surface area contributed by atoms with Gasteiger partial charge in [-0.3, -0.25) is 10.1 Å². The Morgan fingerprint density at radius 1 is 1.29 bits per heavy atom. The summed E-state index contributed by atoms with van der Waals surface area (Å²) >= 11 is 0. The zero-order valence-electron chi connectivity index (χ0n) is 12.5. The third kappa shape index (κ3) is 3.02. The van der Waals surface area contributed by atoms with Gasteiger partial charge in [-0.2, -0.15) is 0 Å². The molecule has 1 unspecified atom stereocenters. The van der Waals surface area contributed by atoms with Crippen molar-refractivity contribution in [2.24, 2.45) is 5.92 Å². The van der Waals surface area contributed by atoms with E-state index in [2.05, 4.69) is 10.2 Å². The average molecular weight is 289 g/mol. The van der Waals surface area contributed by atoms with Gasteiger partial charge in [0.05, 0.1) is 4.92 Å². The molecule has 2 aliphatic heterocycles. The van der Waals surface area contributed by atoms with Gasteiger partial charge in [-0.25, -0.2) is 0 Å². The number of nitro benzene ring substituents is 1. The van der Waals surface area contributed by atoms with Gasteiger partial charge in [0.1, 0.15) is 0 Å². The number of nitro groups is 1. The van der Waals surface area contributed by atoms with Crippen molar-refractivity contribution in [2.45, 2.75) is 38.6 Å². The van der Waals surface area contributed by atoms with Crippen LogP contribution in [0, 0.1) is 23.0 Å². The fourth-order valence-electron chi connectivity index (χ4n) is 3.71. The molecule has 0 aromatic heterocycles. The summed E-state index contributed by atoms with van der Waals surface area (Å²) in [7, 11) is 0. The number of piperidine rings is 1. The largest absolute Gasteiger partial charge is 0.371 e. The van der Waals surface area contributed by atoms with Crippen LogP contribution in [0.15, 0.2) is 18.2 Å². The monoisotopic (exact) mass is 289 g/mol. The van der Waals surface area contributed by atoms with Crippen LogP contribution < -0.4 is 10.2 Å². The number of nitrogens with one attached hydrogen (secondary N) is 1. The Bertz CT molecular complexity index is 518. The molecule has 0 saturated carbocycles. The number of non-ortho nitro benzene ring substituents is 1. The van der Waals surface area contributed by atoms with Crippen molar-refractivity contribution in [3.8, 4) is 0 Å². The first-order valence-corrected chi connectivity index (χ1v) is 7.88. The fourth-order valence-corrected chi connectivity index (χ4v) is 3.71. The quantitative estimate of drug-likeness (QED) is 0.686. The number of nitrogens with zero attached hydrogens (tertiary/aromatic N) is 2. The van der Waals surface area contributed by atoms with Crippen LogP contribution in [0.3, 0.4) is 0 Å². The first-order chi connectivity index (χ1) is 10.1. The van der Waals surface area contributed by atoms with E-state index in [4.69, 9.17) is 0 Å². The van der Waals surface area contributed by atoms with E-state index in [0.717, 1.165) is 36.8 Å². The molecule has 114 valence electrons. The summed E-state index contributed by atoms with van der Waals surface area (Å²) in [5, 5.41) is 14.6. The molecule has 2 saturated heterocycles. The summed E-state index contributed by atoms with van der Waals surface area (Å²) < 4.78 is 0. The predicted molar refractivity (Wildman–Crippen MR) is 83.8 cm³/mol. The highest BCUT2D eigenvalue weighted by Gasteiger charge is 2.29. The molecular formula is C16H23N3O2. The van der Waals surface area contributed by atoms with E-state index >= 15 is 0 Å². The molecule has 2 fully saturated rings.